The van der Waals surface area contributed by atoms with Crippen molar-refractivity contribution in [3.8, 4) is 17.3 Å². The van der Waals surface area contributed by atoms with Gasteiger partial charge in [0.05, 0.1) is 20.6 Å². The lowest BCUT2D eigenvalue weighted by Crippen LogP contribution is -2.31. The highest BCUT2D eigenvalue weighted by molar-refractivity contribution is 7.90. The Morgan fingerprint density at radius 3 is 2.25 bits per heavy atom. The largest absolute Gasteiger partial charge is 0.508 e. The van der Waals surface area contributed by atoms with E-state index >= 15 is 0 Å². The summed E-state index contributed by atoms with van der Waals surface area (Å²) in [5, 5.41) is 22.7. The van der Waals surface area contributed by atoms with E-state index < -0.39 is 29.0 Å². The van der Waals surface area contributed by atoms with E-state index in [1.807, 2.05) is 0 Å². The van der Waals surface area contributed by atoms with Gasteiger partial charge in [-0.1, -0.05) is 41.3 Å². The zero-order valence-electron chi connectivity index (χ0n) is 19.2. The van der Waals surface area contributed by atoms with Crippen LogP contribution in [-0.2, 0) is 25.6 Å². The van der Waals surface area contributed by atoms with Crippen LogP contribution in [0, 0.1) is 11.6 Å². The number of phenols is 1. The number of rotatable bonds is 7. The predicted octanol–water partition coefficient (Wildman–Crippen LogP) is 4.84. The Morgan fingerprint density at radius 1 is 1.08 bits per heavy atom. The molecule has 0 aliphatic rings. The van der Waals surface area contributed by atoms with Crippen LogP contribution >= 0.6 is 30.3 Å². The molecule has 0 bridgehead atoms. The van der Waals surface area contributed by atoms with E-state index in [9.17, 15) is 28.0 Å². The normalized spacial score (nSPS) is 13.7. The summed E-state index contributed by atoms with van der Waals surface area (Å²) in [7, 11) is -6.51. The summed E-state index contributed by atoms with van der Waals surface area (Å²) in [6.45, 7) is 1.50. The van der Waals surface area contributed by atoms with Crippen molar-refractivity contribution in [1.29, 1.82) is 0 Å². The lowest BCUT2D eigenvalue weighted by atomic mass is 10.1. The van der Waals surface area contributed by atoms with Crippen LogP contribution in [0.5, 0.6) is 5.75 Å². The zero-order chi connectivity index (χ0) is 26.7. The van der Waals surface area contributed by atoms with Gasteiger partial charge in [-0.05, 0) is 59.8 Å². The van der Waals surface area contributed by atoms with Gasteiger partial charge >= 0.3 is 5.97 Å². The second kappa shape index (κ2) is 11.0. The molecule has 0 aliphatic carbocycles. The molecule has 3 aromatic carbocycles. The Labute approximate surface area is 219 Å². The standard InChI is InChI=1S/C25H22Cl2NO6PS/c1-35(32,19-8-6-18(29)7-9-19)11-10-17-13-21(26)24(22(27)14-17)28-23(25(30)31)15-16-4-3-5-20(12-16)36(2,33)34/h3-9,12-14,23,28-29H,15H2,1-2H3,(H,30,31)/t23-,35?/m0/s1. The van der Waals surface area contributed by atoms with Crippen LogP contribution in [0.25, 0.3) is 0 Å². The Bertz CT molecular complexity index is 1510. The van der Waals surface area contributed by atoms with Gasteiger partial charge < -0.3 is 20.1 Å². The Kier molecular flexibility index (Phi) is 8.43. The Morgan fingerprint density at radius 2 is 1.69 bits per heavy atom. The van der Waals surface area contributed by atoms with Crippen LogP contribution in [0.3, 0.4) is 0 Å². The molecular weight excluding hydrogens is 544 g/mol. The summed E-state index contributed by atoms with van der Waals surface area (Å²) >= 11 is 12.7. The van der Waals surface area contributed by atoms with Gasteiger partial charge in [0.15, 0.2) is 17.0 Å². The van der Waals surface area contributed by atoms with Crippen LogP contribution in [0.15, 0.2) is 65.6 Å². The molecule has 0 aliphatic heterocycles. The van der Waals surface area contributed by atoms with Crippen molar-refractivity contribution in [1.82, 2.24) is 0 Å². The summed E-state index contributed by atoms with van der Waals surface area (Å²) in [4.78, 5) is 12.0. The molecule has 0 spiro atoms. The van der Waals surface area contributed by atoms with Crippen molar-refractivity contribution in [3.05, 3.63) is 81.8 Å². The predicted molar refractivity (Wildman–Crippen MR) is 143 cm³/mol. The first-order chi connectivity index (χ1) is 16.8. The third kappa shape index (κ3) is 7.05. The van der Waals surface area contributed by atoms with Gasteiger partial charge in [-0.2, -0.15) is 0 Å². The second-order valence-electron chi connectivity index (χ2n) is 8.15. The minimum atomic E-state index is -3.45. The number of hydrogen-bond donors (Lipinski definition) is 3. The third-order valence-corrected chi connectivity index (χ3v) is 8.71. The highest BCUT2D eigenvalue weighted by Gasteiger charge is 2.22. The molecule has 0 saturated heterocycles. The quantitative estimate of drug-likeness (QED) is 0.277. The van der Waals surface area contributed by atoms with Crippen molar-refractivity contribution >= 4 is 57.1 Å². The second-order valence-corrected chi connectivity index (χ2v) is 13.6. The number of carboxylic acids is 1. The number of carboxylic acid groups (broad SMARTS) is 1. The first-order valence-electron chi connectivity index (χ1n) is 10.4. The fraction of sp³-hybridized carbons (Fsp3) is 0.160. The van der Waals surface area contributed by atoms with Crippen molar-refractivity contribution in [2.45, 2.75) is 17.4 Å². The molecular formula is C25H22Cl2NO6PS. The molecule has 0 aromatic heterocycles. The average molecular weight is 566 g/mol. The van der Waals surface area contributed by atoms with E-state index in [-0.39, 0.29) is 32.8 Å². The minimum Gasteiger partial charge on any atom is -0.508 e. The number of hydrogen-bond acceptors (Lipinski definition) is 6. The average Bonchev–Trinajstić information content (AvgIpc) is 2.79. The lowest BCUT2D eigenvalue weighted by molar-refractivity contribution is -0.137. The zero-order valence-corrected chi connectivity index (χ0v) is 22.4. The molecule has 3 rings (SSSR count). The van der Waals surface area contributed by atoms with Crippen LogP contribution < -0.4 is 10.6 Å². The summed E-state index contributed by atoms with van der Waals surface area (Å²) in [5.41, 5.74) is 3.79. The van der Waals surface area contributed by atoms with Gasteiger partial charge in [-0.15, -0.1) is 0 Å². The number of nitrogens with one attached hydrogen (secondary N) is 1. The smallest absolute Gasteiger partial charge is 0.326 e. The van der Waals surface area contributed by atoms with E-state index in [1.54, 1.807) is 12.1 Å². The van der Waals surface area contributed by atoms with Crippen molar-refractivity contribution < 1.29 is 28.0 Å². The maximum atomic E-state index is 13.0. The maximum Gasteiger partial charge on any atom is 0.326 e. The molecule has 0 radical (unpaired) electrons. The van der Waals surface area contributed by atoms with Gasteiger partial charge in [0.1, 0.15) is 11.8 Å². The highest BCUT2D eigenvalue weighted by Crippen LogP contribution is 2.39. The number of anilines is 1. The lowest BCUT2D eigenvalue weighted by Gasteiger charge is -2.18. The van der Waals surface area contributed by atoms with Gasteiger partial charge in [0.25, 0.3) is 0 Å². The van der Waals surface area contributed by atoms with Gasteiger partial charge in [0.2, 0.25) is 0 Å². The number of sulfone groups is 1. The molecule has 36 heavy (non-hydrogen) atoms. The van der Waals surface area contributed by atoms with Crippen molar-refractivity contribution in [2.75, 3.05) is 18.2 Å². The van der Waals surface area contributed by atoms with E-state index in [4.69, 9.17) is 23.2 Å². The summed E-state index contributed by atoms with van der Waals surface area (Å²) in [6.07, 6.45) is 1.05. The topological polar surface area (TPSA) is 121 Å². The van der Waals surface area contributed by atoms with Gasteiger partial charge in [-0.25, -0.2) is 13.2 Å². The first-order valence-corrected chi connectivity index (χ1v) is 15.2. The number of aromatic hydroxyl groups is 1. The van der Waals surface area contributed by atoms with E-state index in [2.05, 4.69) is 16.9 Å². The molecule has 0 heterocycles. The minimum absolute atomic E-state index is 0.0292. The van der Waals surface area contributed by atoms with Gasteiger partial charge in [0, 0.05) is 30.2 Å². The molecule has 0 fully saturated rings. The molecule has 7 nitrogen and oxygen atoms in total. The summed E-state index contributed by atoms with van der Waals surface area (Å²) in [5.74, 6) is 1.67. The van der Waals surface area contributed by atoms with Crippen molar-refractivity contribution in [2.24, 2.45) is 0 Å². The molecule has 0 amide bonds. The first kappa shape index (κ1) is 27.6. The van der Waals surface area contributed by atoms with Gasteiger partial charge in [-0.3, -0.25) is 0 Å². The number of halogens is 2. The van der Waals surface area contributed by atoms with E-state index in [1.165, 1.54) is 55.2 Å². The highest BCUT2D eigenvalue weighted by atomic mass is 35.5. The number of phenolic OH excluding ortho intramolecular Hbond substituents is 1. The van der Waals surface area contributed by atoms with E-state index in [0.29, 0.717) is 16.4 Å². The number of benzene rings is 3. The maximum absolute atomic E-state index is 13.0. The summed E-state index contributed by atoms with van der Waals surface area (Å²) in [6, 6.07) is 13.8. The SMILES string of the molecule is CP(=O)(C#Cc1cc(Cl)c(N[C@@H](Cc2cccc(S(C)(=O)=O)c2)C(=O)O)c(Cl)c1)c1ccc(O)cc1. The van der Waals surface area contributed by atoms with Crippen LogP contribution in [-0.4, -0.2) is 43.6 Å². The number of carbonyl (C=O) groups is 1. The fourth-order valence-electron chi connectivity index (χ4n) is 3.27. The third-order valence-electron chi connectivity index (χ3n) is 5.18. The molecule has 188 valence electrons. The molecule has 3 aromatic rings. The molecule has 3 N–H and O–H groups in total. The Hall–Kier alpha value is -2.95. The fourth-order valence-corrected chi connectivity index (χ4v) is 5.75. The molecule has 11 heteroatoms. The molecule has 1 unspecified atom stereocenters. The van der Waals surface area contributed by atoms with Crippen LogP contribution in [0.4, 0.5) is 5.69 Å². The van der Waals surface area contributed by atoms with E-state index in [0.717, 1.165) is 6.26 Å². The van der Waals surface area contributed by atoms with Crippen LogP contribution in [0.1, 0.15) is 11.1 Å². The molecule has 2 atom stereocenters. The number of aliphatic carboxylic acids is 1. The molecule has 0 saturated carbocycles. The van der Waals surface area contributed by atoms with Crippen molar-refractivity contribution in [3.63, 3.8) is 0 Å². The van der Waals surface area contributed by atoms with Crippen LogP contribution in [0.2, 0.25) is 10.0 Å². The summed E-state index contributed by atoms with van der Waals surface area (Å²) < 4.78 is 36.6. The Balaban J connectivity index is 1.85. The monoisotopic (exact) mass is 565 g/mol.